The predicted octanol–water partition coefficient (Wildman–Crippen LogP) is 1.74. The number of amides is 1. The first-order valence-corrected chi connectivity index (χ1v) is 9.06. The molecule has 0 aliphatic carbocycles. The molecule has 3 rings (SSSR count). The van der Waals surface area contributed by atoms with E-state index in [1.165, 1.54) is 13.2 Å². The van der Waals surface area contributed by atoms with Crippen molar-refractivity contribution in [1.82, 2.24) is 9.80 Å². The van der Waals surface area contributed by atoms with E-state index in [2.05, 4.69) is 9.80 Å². The number of hydrogen-bond donors (Lipinski definition) is 0. The highest BCUT2D eigenvalue weighted by molar-refractivity contribution is 5.73. The second-order valence-corrected chi connectivity index (χ2v) is 6.87. The van der Waals surface area contributed by atoms with Gasteiger partial charge in [-0.3, -0.25) is 19.8 Å². The van der Waals surface area contributed by atoms with Gasteiger partial charge in [-0.15, -0.1) is 0 Å². The summed E-state index contributed by atoms with van der Waals surface area (Å²) in [6.07, 6.45) is 2.11. The minimum Gasteiger partial charge on any atom is -0.490 e. The Morgan fingerprint density at radius 1 is 1.15 bits per heavy atom. The molecule has 0 spiro atoms. The molecule has 0 N–H and O–H groups in total. The van der Waals surface area contributed by atoms with Gasteiger partial charge in [0.25, 0.3) is 0 Å². The topological polar surface area (TPSA) is 79.2 Å². The number of piperazine rings is 1. The average molecular weight is 362 g/mol. The van der Waals surface area contributed by atoms with E-state index < -0.39 is 4.92 Å². The Morgan fingerprint density at radius 2 is 1.81 bits per heavy atom. The molecule has 8 heteroatoms. The molecule has 2 aliphatic heterocycles. The molecule has 0 radical (unpaired) electrons. The Hall–Kier alpha value is -2.35. The maximum absolute atomic E-state index is 11.4. The summed E-state index contributed by atoms with van der Waals surface area (Å²) < 4.78 is 5.18. The molecular formula is C18H26N4O4. The highest BCUT2D eigenvalue weighted by atomic mass is 16.6. The Balaban J connectivity index is 1.57. The van der Waals surface area contributed by atoms with Gasteiger partial charge >= 0.3 is 5.69 Å². The van der Waals surface area contributed by atoms with Crippen LogP contribution in [0.4, 0.5) is 11.4 Å². The molecule has 8 nitrogen and oxygen atoms in total. The number of ether oxygens (including phenoxy) is 1. The quantitative estimate of drug-likeness (QED) is 0.600. The van der Waals surface area contributed by atoms with Gasteiger partial charge in [0.05, 0.1) is 12.0 Å². The highest BCUT2D eigenvalue weighted by Gasteiger charge is 2.28. The number of rotatable bonds is 4. The number of carbonyl (C=O) groups is 1. The molecule has 2 fully saturated rings. The molecule has 0 saturated carbocycles. The minimum atomic E-state index is -0.421. The molecule has 2 aliphatic rings. The number of hydrogen-bond acceptors (Lipinski definition) is 6. The molecule has 0 bridgehead atoms. The number of nitro benzene ring substituents is 1. The Bertz CT molecular complexity index is 665. The highest BCUT2D eigenvalue weighted by Crippen LogP contribution is 2.33. The lowest BCUT2D eigenvalue weighted by Gasteiger charge is -2.43. The maximum atomic E-state index is 11.4. The zero-order chi connectivity index (χ0) is 18.7. The van der Waals surface area contributed by atoms with Crippen LogP contribution < -0.4 is 9.64 Å². The monoisotopic (exact) mass is 362 g/mol. The smallest absolute Gasteiger partial charge is 0.311 e. The fraction of sp³-hybridized carbons (Fsp3) is 0.611. The van der Waals surface area contributed by atoms with Gasteiger partial charge in [-0.25, -0.2) is 0 Å². The SMILES string of the molecule is COc1cc(N2CCC(N3CCN(C(C)=O)CC3)CC2)ccc1[N+](=O)[O-]. The lowest BCUT2D eigenvalue weighted by molar-refractivity contribution is -0.385. The van der Waals surface area contributed by atoms with E-state index in [1.54, 1.807) is 19.1 Å². The lowest BCUT2D eigenvalue weighted by Crippen LogP contribution is -2.54. The number of nitrogens with zero attached hydrogens (tertiary/aromatic N) is 4. The Labute approximate surface area is 153 Å². The van der Waals surface area contributed by atoms with E-state index in [9.17, 15) is 14.9 Å². The molecule has 26 heavy (non-hydrogen) atoms. The zero-order valence-electron chi connectivity index (χ0n) is 15.4. The van der Waals surface area contributed by atoms with Gasteiger partial charge in [-0.05, 0) is 18.9 Å². The number of piperidine rings is 1. The van der Waals surface area contributed by atoms with Crippen molar-refractivity contribution in [3.05, 3.63) is 28.3 Å². The van der Waals surface area contributed by atoms with Gasteiger partial charge in [0.15, 0.2) is 5.75 Å². The van der Waals surface area contributed by atoms with E-state index in [0.717, 1.165) is 57.8 Å². The molecule has 142 valence electrons. The zero-order valence-corrected chi connectivity index (χ0v) is 15.4. The normalized spacial score (nSPS) is 19.5. The minimum absolute atomic E-state index is 0.00511. The van der Waals surface area contributed by atoms with Crippen LogP contribution in [0.15, 0.2) is 18.2 Å². The van der Waals surface area contributed by atoms with E-state index >= 15 is 0 Å². The van der Waals surface area contributed by atoms with Crippen molar-refractivity contribution in [1.29, 1.82) is 0 Å². The number of nitro groups is 1. The Kier molecular flexibility index (Phi) is 5.61. The molecule has 0 aromatic heterocycles. The fourth-order valence-electron chi connectivity index (χ4n) is 3.91. The molecular weight excluding hydrogens is 336 g/mol. The van der Waals surface area contributed by atoms with Crippen LogP contribution >= 0.6 is 0 Å². The first-order valence-electron chi connectivity index (χ1n) is 9.06. The van der Waals surface area contributed by atoms with Crippen LogP contribution in [0.3, 0.4) is 0 Å². The van der Waals surface area contributed by atoms with Gasteiger partial charge in [0.1, 0.15) is 0 Å². The van der Waals surface area contributed by atoms with Crippen LogP contribution in [-0.4, -0.2) is 73.1 Å². The van der Waals surface area contributed by atoms with Crippen LogP contribution in [0, 0.1) is 10.1 Å². The third kappa shape index (κ3) is 3.90. The third-order valence-corrected chi connectivity index (χ3v) is 5.47. The molecule has 1 aromatic carbocycles. The lowest BCUT2D eigenvalue weighted by atomic mass is 10.0. The number of carbonyl (C=O) groups excluding carboxylic acids is 1. The fourth-order valence-corrected chi connectivity index (χ4v) is 3.91. The maximum Gasteiger partial charge on any atom is 0.311 e. The average Bonchev–Trinajstić information content (AvgIpc) is 2.67. The van der Waals surface area contributed by atoms with Crippen LogP contribution in [0.25, 0.3) is 0 Å². The van der Waals surface area contributed by atoms with Crippen molar-refractivity contribution in [3.63, 3.8) is 0 Å². The molecule has 1 amide bonds. The molecule has 2 saturated heterocycles. The van der Waals surface area contributed by atoms with E-state index in [0.29, 0.717) is 11.8 Å². The summed E-state index contributed by atoms with van der Waals surface area (Å²) in [6, 6.07) is 5.61. The van der Waals surface area contributed by atoms with Gasteiger partial charge < -0.3 is 14.5 Å². The summed E-state index contributed by atoms with van der Waals surface area (Å²) in [6.45, 7) is 6.97. The summed E-state index contributed by atoms with van der Waals surface area (Å²) in [5.74, 6) is 0.460. The summed E-state index contributed by atoms with van der Waals surface area (Å²) >= 11 is 0. The molecule has 0 atom stereocenters. The first-order chi connectivity index (χ1) is 12.5. The summed E-state index contributed by atoms with van der Waals surface area (Å²) in [5.41, 5.74) is 0.960. The van der Waals surface area contributed by atoms with Crippen LogP contribution in [-0.2, 0) is 4.79 Å². The second kappa shape index (κ2) is 7.90. The Morgan fingerprint density at radius 3 is 2.35 bits per heavy atom. The van der Waals surface area contributed by atoms with Crippen molar-refractivity contribution in [2.75, 3.05) is 51.3 Å². The van der Waals surface area contributed by atoms with Gasteiger partial charge in [0, 0.05) is 70.1 Å². The van der Waals surface area contributed by atoms with Gasteiger partial charge in [-0.1, -0.05) is 0 Å². The van der Waals surface area contributed by atoms with Crippen molar-refractivity contribution >= 4 is 17.3 Å². The van der Waals surface area contributed by atoms with Crippen molar-refractivity contribution in [3.8, 4) is 5.75 Å². The first kappa shape index (κ1) is 18.4. The van der Waals surface area contributed by atoms with E-state index in [-0.39, 0.29) is 11.6 Å². The third-order valence-electron chi connectivity index (χ3n) is 5.47. The summed E-state index contributed by atoms with van der Waals surface area (Å²) in [7, 11) is 1.46. The van der Waals surface area contributed by atoms with E-state index in [4.69, 9.17) is 4.74 Å². The van der Waals surface area contributed by atoms with Crippen molar-refractivity contribution < 1.29 is 14.5 Å². The molecule has 0 unspecified atom stereocenters. The summed E-state index contributed by atoms with van der Waals surface area (Å²) in [5, 5.41) is 11.0. The van der Waals surface area contributed by atoms with Crippen LogP contribution in [0.5, 0.6) is 5.75 Å². The standard InChI is InChI=1S/C18H26N4O4/c1-14(23)19-9-11-21(12-10-19)15-5-7-20(8-6-15)16-3-4-17(22(24)25)18(13-16)26-2/h3-4,13,15H,5-12H2,1-2H3. The van der Waals surface area contributed by atoms with Gasteiger partial charge in [0.2, 0.25) is 5.91 Å². The molecule has 1 aromatic rings. The van der Waals surface area contributed by atoms with Gasteiger partial charge in [-0.2, -0.15) is 0 Å². The number of anilines is 1. The number of methoxy groups -OCH3 is 1. The summed E-state index contributed by atoms with van der Waals surface area (Å²) in [4.78, 5) is 28.7. The predicted molar refractivity (Wildman–Crippen MR) is 98.7 cm³/mol. The largest absolute Gasteiger partial charge is 0.490 e. The molecule has 2 heterocycles. The van der Waals surface area contributed by atoms with Crippen molar-refractivity contribution in [2.24, 2.45) is 0 Å². The second-order valence-electron chi connectivity index (χ2n) is 6.87. The van der Waals surface area contributed by atoms with Crippen molar-refractivity contribution in [2.45, 2.75) is 25.8 Å². The van der Waals surface area contributed by atoms with Crippen LogP contribution in [0.2, 0.25) is 0 Å². The van der Waals surface area contributed by atoms with E-state index in [1.807, 2.05) is 4.90 Å². The number of benzene rings is 1. The van der Waals surface area contributed by atoms with Crippen LogP contribution in [0.1, 0.15) is 19.8 Å².